The highest BCUT2D eigenvalue weighted by molar-refractivity contribution is 5.88. The number of rotatable bonds is 1. The van der Waals surface area contributed by atoms with Crippen molar-refractivity contribution in [3.63, 3.8) is 0 Å². The molecule has 1 fully saturated rings. The number of carbonyl (C=O) groups is 1. The van der Waals surface area contributed by atoms with Gasteiger partial charge in [0.2, 0.25) is 0 Å². The average Bonchev–Trinajstić information content (AvgIpc) is 2.60. The Hall–Kier alpha value is -1.79. The van der Waals surface area contributed by atoms with Gasteiger partial charge in [0.25, 0.3) is 5.92 Å². The molecule has 2 heterocycles. The lowest BCUT2D eigenvalue weighted by Crippen LogP contribution is -2.35. The van der Waals surface area contributed by atoms with E-state index in [9.17, 15) is 13.6 Å². The zero-order valence-electron chi connectivity index (χ0n) is 8.36. The van der Waals surface area contributed by atoms with Crippen LogP contribution in [0.5, 0.6) is 0 Å². The Morgan fingerprint density at radius 3 is 2.94 bits per heavy atom. The third-order valence-corrected chi connectivity index (χ3v) is 2.27. The highest BCUT2D eigenvalue weighted by atomic mass is 19.3. The van der Waals surface area contributed by atoms with Gasteiger partial charge in [0, 0.05) is 19.2 Å². The molecule has 0 spiro atoms. The van der Waals surface area contributed by atoms with Crippen molar-refractivity contribution in [1.82, 2.24) is 14.9 Å². The van der Waals surface area contributed by atoms with Crippen molar-refractivity contribution >= 4 is 11.8 Å². The van der Waals surface area contributed by atoms with Gasteiger partial charge in [-0.3, -0.25) is 5.32 Å². The van der Waals surface area contributed by atoms with Crippen LogP contribution in [0.2, 0.25) is 0 Å². The van der Waals surface area contributed by atoms with Gasteiger partial charge in [-0.15, -0.1) is 0 Å². The number of carbonyl (C=O) groups excluding carboxylic acids is 1. The second kappa shape index (κ2) is 3.99. The number of nitrogens with zero attached hydrogens (tertiary/aromatic N) is 3. The lowest BCUT2D eigenvalue weighted by atomic mass is 10.3. The molecule has 0 bridgehead atoms. The van der Waals surface area contributed by atoms with Crippen molar-refractivity contribution in [2.24, 2.45) is 0 Å². The van der Waals surface area contributed by atoms with Crippen LogP contribution in [-0.4, -0.2) is 39.9 Å². The van der Waals surface area contributed by atoms with E-state index in [1.807, 2.05) is 0 Å². The normalized spacial score (nSPS) is 18.5. The summed E-state index contributed by atoms with van der Waals surface area (Å²) in [6, 6.07) is 0.933. The molecule has 0 saturated carbocycles. The number of nitrogens with one attached hydrogen (secondary N) is 1. The van der Waals surface area contributed by atoms with Crippen molar-refractivity contribution in [3.05, 3.63) is 18.6 Å². The molecular formula is C9H10F2N4O. The lowest BCUT2D eigenvalue weighted by Gasteiger charge is -2.16. The molecule has 16 heavy (non-hydrogen) atoms. The number of halogens is 2. The summed E-state index contributed by atoms with van der Waals surface area (Å²) in [7, 11) is 0. The first-order valence-corrected chi connectivity index (χ1v) is 4.77. The van der Waals surface area contributed by atoms with E-state index in [2.05, 4.69) is 15.3 Å². The Morgan fingerprint density at radius 1 is 1.56 bits per heavy atom. The maximum Gasteiger partial charge on any atom is 0.323 e. The van der Waals surface area contributed by atoms with E-state index in [-0.39, 0.29) is 13.0 Å². The van der Waals surface area contributed by atoms with Gasteiger partial charge in [0.05, 0.1) is 6.54 Å². The van der Waals surface area contributed by atoms with Crippen molar-refractivity contribution in [1.29, 1.82) is 0 Å². The van der Waals surface area contributed by atoms with Crippen molar-refractivity contribution in [2.75, 3.05) is 18.4 Å². The van der Waals surface area contributed by atoms with E-state index < -0.39 is 18.5 Å². The predicted molar refractivity (Wildman–Crippen MR) is 52.2 cm³/mol. The lowest BCUT2D eigenvalue weighted by molar-refractivity contribution is 0.0159. The Balaban J connectivity index is 1.95. The molecule has 7 heteroatoms. The molecule has 0 aliphatic carbocycles. The van der Waals surface area contributed by atoms with E-state index in [0.717, 1.165) is 4.90 Å². The molecule has 0 aromatic carbocycles. The molecule has 1 saturated heterocycles. The van der Waals surface area contributed by atoms with Gasteiger partial charge >= 0.3 is 6.03 Å². The van der Waals surface area contributed by atoms with Crippen LogP contribution in [0, 0.1) is 0 Å². The Morgan fingerprint density at radius 2 is 2.38 bits per heavy atom. The van der Waals surface area contributed by atoms with Crippen LogP contribution < -0.4 is 5.32 Å². The highest BCUT2D eigenvalue weighted by Gasteiger charge is 2.40. The fraction of sp³-hybridized carbons (Fsp3) is 0.444. The molecule has 1 N–H and O–H groups in total. The van der Waals surface area contributed by atoms with Gasteiger partial charge in [0.1, 0.15) is 12.1 Å². The van der Waals surface area contributed by atoms with Gasteiger partial charge in [-0.25, -0.2) is 23.5 Å². The smallest absolute Gasteiger partial charge is 0.318 e. The minimum atomic E-state index is -2.77. The highest BCUT2D eigenvalue weighted by Crippen LogP contribution is 2.26. The van der Waals surface area contributed by atoms with Crippen molar-refractivity contribution < 1.29 is 13.6 Å². The minimum absolute atomic E-state index is 0.0594. The summed E-state index contributed by atoms with van der Waals surface area (Å²) < 4.78 is 25.7. The summed E-state index contributed by atoms with van der Waals surface area (Å²) in [5.41, 5.74) is 0. The number of hydrogen-bond acceptors (Lipinski definition) is 3. The van der Waals surface area contributed by atoms with Gasteiger partial charge in [-0.05, 0) is 6.07 Å². The zero-order valence-corrected chi connectivity index (χ0v) is 8.36. The number of likely N-dealkylation sites (tertiary alicyclic amines) is 1. The van der Waals surface area contributed by atoms with Crippen LogP contribution in [0.25, 0.3) is 0 Å². The van der Waals surface area contributed by atoms with Crippen molar-refractivity contribution in [2.45, 2.75) is 12.3 Å². The monoisotopic (exact) mass is 228 g/mol. The zero-order chi connectivity index (χ0) is 11.6. The molecule has 0 radical (unpaired) electrons. The van der Waals surface area contributed by atoms with E-state index >= 15 is 0 Å². The van der Waals surface area contributed by atoms with Crippen LogP contribution in [0.15, 0.2) is 18.6 Å². The largest absolute Gasteiger partial charge is 0.323 e. The number of hydrogen-bond donors (Lipinski definition) is 1. The molecule has 2 amide bonds. The molecule has 0 unspecified atom stereocenters. The summed E-state index contributed by atoms with van der Waals surface area (Å²) in [6.45, 7) is -0.478. The molecule has 1 aromatic heterocycles. The molecular weight excluding hydrogens is 218 g/mol. The van der Waals surface area contributed by atoms with E-state index in [4.69, 9.17) is 0 Å². The van der Waals surface area contributed by atoms with Crippen molar-refractivity contribution in [3.8, 4) is 0 Å². The maximum absolute atomic E-state index is 12.8. The number of aromatic nitrogens is 2. The summed E-state index contributed by atoms with van der Waals surface area (Å²) >= 11 is 0. The Kier molecular flexibility index (Phi) is 2.67. The number of anilines is 1. The maximum atomic E-state index is 12.8. The number of urea groups is 1. The van der Waals surface area contributed by atoms with Crippen LogP contribution >= 0.6 is 0 Å². The number of alkyl halides is 2. The van der Waals surface area contributed by atoms with Crippen LogP contribution in [0.3, 0.4) is 0 Å². The van der Waals surface area contributed by atoms with Gasteiger partial charge in [0.15, 0.2) is 0 Å². The molecule has 1 aromatic rings. The molecule has 0 atom stereocenters. The minimum Gasteiger partial charge on any atom is -0.318 e. The predicted octanol–water partition coefficient (Wildman–Crippen LogP) is 1.35. The van der Waals surface area contributed by atoms with Gasteiger partial charge < -0.3 is 4.90 Å². The summed E-state index contributed by atoms with van der Waals surface area (Å²) in [6.07, 6.45) is 2.44. The second-order valence-electron chi connectivity index (χ2n) is 3.55. The standard InChI is InChI=1S/C9H10F2N4O/c10-9(11)2-4-15(5-9)8(16)14-7-1-3-12-6-13-7/h1,3,6H,2,4-5H2,(H,12,13,14,16). The topological polar surface area (TPSA) is 58.1 Å². The third-order valence-electron chi connectivity index (χ3n) is 2.27. The first-order valence-electron chi connectivity index (χ1n) is 4.77. The molecule has 5 nitrogen and oxygen atoms in total. The SMILES string of the molecule is O=C(Nc1ccncn1)N1CCC(F)(F)C1. The summed E-state index contributed by atoms with van der Waals surface area (Å²) in [4.78, 5) is 20.0. The molecule has 1 aliphatic rings. The molecule has 1 aliphatic heterocycles. The summed E-state index contributed by atoms with van der Waals surface area (Å²) in [5.74, 6) is -2.47. The average molecular weight is 228 g/mol. The Bertz CT molecular complexity index is 384. The quantitative estimate of drug-likeness (QED) is 0.789. The molecule has 2 rings (SSSR count). The first kappa shape index (κ1) is 10.7. The van der Waals surface area contributed by atoms with E-state index in [0.29, 0.717) is 5.82 Å². The van der Waals surface area contributed by atoms with Crippen LogP contribution in [0.4, 0.5) is 19.4 Å². The number of amides is 2. The van der Waals surface area contributed by atoms with Crippen LogP contribution in [0.1, 0.15) is 6.42 Å². The second-order valence-corrected chi connectivity index (χ2v) is 3.55. The van der Waals surface area contributed by atoms with E-state index in [1.54, 1.807) is 0 Å². The van der Waals surface area contributed by atoms with Gasteiger partial charge in [-0.2, -0.15) is 0 Å². The third kappa shape index (κ3) is 2.41. The fourth-order valence-electron chi connectivity index (χ4n) is 1.46. The Labute approximate surface area is 90.5 Å². The summed E-state index contributed by atoms with van der Waals surface area (Å²) in [5, 5.41) is 2.42. The first-order chi connectivity index (χ1) is 7.57. The molecule has 86 valence electrons. The van der Waals surface area contributed by atoms with Crippen LogP contribution in [-0.2, 0) is 0 Å². The van der Waals surface area contributed by atoms with Gasteiger partial charge in [-0.1, -0.05) is 0 Å². The van der Waals surface area contributed by atoms with E-state index in [1.165, 1.54) is 18.6 Å². The fourth-order valence-corrected chi connectivity index (χ4v) is 1.46.